The van der Waals surface area contributed by atoms with Gasteiger partial charge in [-0.3, -0.25) is 4.79 Å². The predicted molar refractivity (Wildman–Crippen MR) is 106 cm³/mol. The minimum Gasteiger partial charge on any atom is -0.366 e. The molecule has 2 aliphatic rings. The largest absolute Gasteiger partial charge is 0.366 e. The second-order valence-electron chi connectivity index (χ2n) is 6.76. The lowest BCUT2D eigenvalue weighted by atomic mass is 9.80. The number of anilines is 2. The van der Waals surface area contributed by atoms with Crippen molar-refractivity contribution in [2.75, 3.05) is 11.1 Å². The van der Waals surface area contributed by atoms with Crippen molar-refractivity contribution in [3.8, 4) is 0 Å². The summed E-state index contributed by atoms with van der Waals surface area (Å²) >= 11 is 7.90. The number of nitrogens with one attached hydrogen (secondary N) is 1. The molecule has 136 valence electrons. The molecule has 3 aromatic rings. The second-order valence-corrected chi connectivity index (χ2v) is 8.17. The number of thiophene rings is 1. The Labute approximate surface area is 164 Å². The van der Waals surface area contributed by atoms with E-state index < -0.39 is 0 Å². The fourth-order valence-electron chi connectivity index (χ4n) is 3.94. The van der Waals surface area contributed by atoms with Crippen LogP contribution < -0.4 is 11.1 Å². The van der Waals surface area contributed by atoms with Gasteiger partial charge in [0.15, 0.2) is 5.78 Å². The summed E-state index contributed by atoms with van der Waals surface area (Å²) in [5.74, 6) is 1.02. The zero-order valence-corrected chi connectivity index (χ0v) is 15.8. The number of fused-ring (bicyclic) bond motifs is 1. The summed E-state index contributed by atoms with van der Waals surface area (Å²) in [6.07, 6.45) is 1.24. The summed E-state index contributed by atoms with van der Waals surface area (Å²) in [7, 11) is 0. The topological polar surface area (TPSA) is 85.8 Å². The Morgan fingerprint density at radius 1 is 1.26 bits per heavy atom. The molecule has 0 saturated heterocycles. The number of halogens is 1. The number of allylic oxidation sites excluding steroid dienone is 2. The maximum absolute atomic E-state index is 13.2. The first-order chi connectivity index (χ1) is 13.1. The van der Waals surface area contributed by atoms with Gasteiger partial charge in [0.2, 0.25) is 11.9 Å². The summed E-state index contributed by atoms with van der Waals surface area (Å²) in [6.45, 7) is 0. The molecule has 3 N–H and O–H groups in total. The van der Waals surface area contributed by atoms with Crippen LogP contribution in [0.2, 0.25) is 5.02 Å². The molecule has 27 heavy (non-hydrogen) atoms. The lowest BCUT2D eigenvalue weighted by Gasteiger charge is -2.34. The van der Waals surface area contributed by atoms with E-state index >= 15 is 0 Å². The van der Waals surface area contributed by atoms with Crippen LogP contribution in [0.4, 0.5) is 11.9 Å². The fraction of sp³-hybridized carbons (Fsp3) is 0.211. The van der Waals surface area contributed by atoms with E-state index in [0.717, 1.165) is 23.3 Å². The zero-order chi connectivity index (χ0) is 18.5. The van der Waals surface area contributed by atoms with E-state index in [1.165, 1.54) is 4.88 Å². The summed E-state index contributed by atoms with van der Waals surface area (Å²) in [4.78, 5) is 18.7. The molecule has 1 aliphatic carbocycles. The Morgan fingerprint density at radius 2 is 2.15 bits per heavy atom. The summed E-state index contributed by atoms with van der Waals surface area (Å²) in [5.41, 5.74) is 8.36. The maximum Gasteiger partial charge on any atom is 0.241 e. The van der Waals surface area contributed by atoms with Crippen molar-refractivity contribution < 1.29 is 4.79 Å². The minimum absolute atomic E-state index is 0.117. The van der Waals surface area contributed by atoms with Gasteiger partial charge in [-0.2, -0.15) is 4.98 Å². The Balaban J connectivity index is 1.65. The van der Waals surface area contributed by atoms with E-state index in [2.05, 4.69) is 21.5 Å². The van der Waals surface area contributed by atoms with Gasteiger partial charge in [-0.1, -0.05) is 29.8 Å². The van der Waals surface area contributed by atoms with Gasteiger partial charge < -0.3 is 11.1 Å². The number of nitrogens with two attached hydrogens (primary N) is 1. The molecule has 8 heteroatoms. The summed E-state index contributed by atoms with van der Waals surface area (Å²) in [6, 6.07) is 11.2. The number of nitrogen functional groups attached to an aromatic ring is 1. The number of carbonyl (C=O) groups is 1. The van der Waals surface area contributed by atoms with Crippen LogP contribution in [0.5, 0.6) is 0 Å². The lowest BCUT2D eigenvalue weighted by Crippen LogP contribution is -2.33. The first kappa shape index (κ1) is 16.5. The van der Waals surface area contributed by atoms with Crippen molar-refractivity contribution in [1.29, 1.82) is 0 Å². The predicted octanol–water partition coefficient (Wildman–Crippen LogP) is 3.99. The molecular formula is C19H16ClN5OS. The molecule has 1 aromatic carbocycles. The van der Waals surface area contributed by atoms with Crippen LogP contribution in [-0.2, 0) is 4.79 Å². The van der Waals surface area contributed by atoms with Crippen molar-refractivity contribution in [2.45, 2.75) is 24.8 Å². The number of hydrogen-bond acceptors (Lipinski definition) is 6. The van der Waals surface area contributed by atoms with E-state index in [0.29, 0.717) is 17.4 Å². The quantitative estimate of drug-likeness (QED) is 0.682. The Kier molecular flexibility index (Phi) is 3.80. The maximum atomic E-state index is 13.2. The molecule has 6 nitrogen and oxygen atoms in total. The highest BCUT2D eigenvalue weighted by molar-refractivity contribution is 7.10. The van der Waals surface area contributed by atoms with Gasteiger partial charge in [0, 0.05) is 33.5 Å². The monoisotopic (exact) mass is 397 g/mol. The van der Waals surface area contributed by atoms with Gasteiger partial charge in [-0.25, -0.2) is 4.68 Å². The Morgan fingerprint density at radius 3 is 2.93 bits per heavy atom. The van der Waals surface area contributed by atoms with E-state index in [-0.39, 0.29) is 23.7 Å². The molecule has 0 amide bonds. The van der Waals surface area contributed by atoms with Crippen LogP contribution in [0, 0.1) is 0 Å². The summed E-state index contributed by atoms with van der Waals surface area (Å²) in [5, 5.41) is 10.3. The van der Waals surface area contributed by atoms with Crippen LogP contribution >= 0.6 is 22.9 Å². The molecule has 0 saturated carbocycles. The van der Waals surface area contributed by atoms with Crippen molar-refractivity contribution in [3.05, 3.63) is 68.5 Å². The molecular weight excluding hydrogens is 382 g/mol. The molecule has 3 heterocycles. The standard InChI is InChI=1S/C19H16ClN5OS/c20-12-4-1-3-10(7-12)17-16-13(22-19-23-18(21)24-25(17)19)8-11(9-14(16)26)15-5-2-6-27-15/h1-7,11,17H,8-9H2,(H3,21,22,23,24)/t11-,17+/m1/s1. The Bertz CT molecular complexity index is 1070. The average molecular weight is 398 g/mol. The molecule has 2 atom stereocenters. The number of nitrogens with zero attached hydrogens (tertiary/aromatic N) is 3. The van der Waals surface area contributed by atoms with Crippen LogP contribution in [-0.4, -0.2) is 20.5 Å². The number of aromatic nitrogens is 3. The number of rotatable bonds is 2. The third kappa shape index (κ3) is 2.74. The number of ketones is 1. The summed E-state index contributed by atoms with van der Waals surface area (Å²) < 4.78 is 1.68. The smallest absolute Gasteiger partial charge is 0.241 e. The molecule has 0 fully saturated rings. The van der Waals surface area contributed by atoms with E-state index in [1.807, 2.05) is 35.7 Å². The lowest BCUT2D eigenvalue weighted by molar-refractivity contribution is -0.116. The molecule has 0 bridgehead atoms. The van der Waals surface area contributed by atoms with Crippen LogP contribution in [0.1, 0.15) is 35.2 Å². The number of hydrogen-bond donors (Lipinski definition) is 2. The normalized spacial score (nSPS) is 21.6. The zero-order valence-electron chi connectivity index (χ0n) is 14.2. The first-order valence-electron chi connectivity index (χ1n) is 8.64. The average Bonchev–Trinajstić information content (AvgIpc) is 3.28. The molecule has 2 aromatic heterocycles. The molecule has 0 radical (unpaired) electrons. The first-order valence-corrected chi connectivity index (χ1v) is 9.90. The van der Waals surface area contributed by atoms with Gasteiger partial charge in [0.05, 0.1) is 0 Å². The minimum atomic E-state index is -0.378. The number of benzene rings is 1. The van der Waals surface area contributed by atoms with Gasteiger partial charge in [-0.05, 0) is 35.6 Å². The van der Waals surface area contributed by atoms with Crippen LogP contribution in [0.3, 0.4) is 0 Å². The van der Waals surface area contributed by atoms with Gasteiger partial charge in [0.1, 0.15) is 6.04 Å². The highest BCUT2D eigenvalue weighted by Crippen LogP contribution is 2.45. The number of Topliss-reactive ketones (excluding diaryl/α,β-unsaturated/α-hetero) is 1. The highest BCUT2D eigenvalue weighted by Gasteiger charge is 2.39. The molecule has 0 spiro atoms. The molecule has 5 rings (SSSR count). The van der Waals surface area contributed by atoms with Crippen molar-refractivity contribution in [1.82, 2.24) is 14.8 Å². The third-order valence-corrected chi connectivity index (χ3v) is 6.32. The molecule has 1 aliphatic heterocycles. The van der Waals surface area contributed by atoms with Crippen molar-refractivity contribution in [3.63, 3.8) is 0 Å². The van der Waals surface area contributed by atoms with E-state index in [4.69, 9.17) is 17.3 Å². The molecule has 0 unspecified atom stereocenters. The fourth-order valence-corrected chi connectivity index (χ4v) is 4.97. The third-order valence-electron chi connectivity index (χ3n) is 5.05. The number of carbonyl (C=O) groups excluding carboxylic acids is 1. The van der Waals surface area contributed by atoms with Gasteiger partial charge >= 0.3 is 0 Å². The van der Waals surface area contributed by atoms with E-state index in [1.54, 1.807) is 16.0 Å². The Hall–Kier alpha value is -2.64. The highest BCUT2D eigenvalue weighted by atomic mass is 35.5. The van der Waals surface area contributed by atoms with Gasteiger partial charge in [-0.15, -0.1) is 16.4 Å². The van der Waals surface area contributed by atoms with Crippen LogP contribution in [0.25, 0.3) is 0 Å². The second kappa shape index (κ2) is 6.21. The van der Waals surface area contributed by atoms with Crippen LogP contribution in [0.15, 0.2) is 53.0 Å². The SMILES string of the molecule is Nc1nc2n(n1)[C@@H](c1cccc(Cl)c1)C1=C(C[C@@H](c3cccs3)CC1=O)N2. The van der Waals surface area contributed by atoms with Crippen molar-refractivity contribution in [2.24, 2.45) is 0 Å². The van der Waals surface area contributed by atoms with E-state index in [9.17, 15) is 4.79 Å². The van der Waals surface area contributed by atoms with Gasteiger partial charge in [0.25, 0.3) is 0 Å². The van der Waals surface area contributed by atoms with Crippen molar-refractivity contribution >= 4 is 40.6 Å².